The van der Waals surface area contributed by atoms with Gasteiger partial charge in [0.05, 0.1) is 5.69 Å². The molecule has 2 aromatic carbocycles. The lowest BCUT2D eigenvalue weighted by Crippen LogP contribution is -2.34. The van der Waals surface area contributed by atoms with Crippen LogP contribution in [0.4, 0.5) is 24.8 Å². The van der Waals surface area contributed by atoms with E-state index >= 15 is 0 Å². The molecule has 0 amide bonds. The van der Waals surface area contributed by atoms with Crippen molar-refractivity contribution in [3.8, 4) is 0 Å². The Morgan fingerprint density at radius 2 is 1.66 bits per heavy atom. The van der Waals surface area contributed by atoms with Gasteiger partial charge in [0.25, 0.3) is 0 Å². The monoisotopic (exact) mass is 482 g/mol. The smallest absolute Gasteiger partial charge is 0.312 e. The summed E-state index contributed by atoms with van der Waals surface area (Å²) in [6.07, 6.45) is -0.832. The highest BCUT2D eigenvalue weighted by Gasteiger charge is 2.42. The van der Waals surface area contributed by atoms with Gasteiger partial charge >= 0.3 is 6.18 Å². The van der Waals surface area contributed by atoms with Crippen molar-refractivity contribution in [1.29, 1.82) is 0 Å². The molecule has 0 aliphatic carbocycles. The molecule has 0 spiro atoms. The number of fused-ring (bicyclic) bond motifs is 1. The van der Waals surface area contributed by atoms with E-state index < -0.39 is 11.9 Å². The Kier molecular flexibility index (Phi) is 6.38. The van der Waals surface area contributed by atoms with Crippen LogP contribution in [0.2, 0.25) is 0 Å². The molecule has 4 nitrogen and oxygen atoms in total. The van der Waals surface area contributed by atoms with E-state index in [0.29, 0.717) is 24.7 Å². The third-order valence-corrected chi connectivity index (χ3v) is 7.40. The molecule has 0 bridgehead atoms. The van der Waals surface area contributed by atoms with Gasteiger partial charge in [-0.1, -0.05) is 48.0 Å². The first-order valence-corrected chi connectivity index (χ1v) is 12.5. The van der Waals surface area contributed by atoms with Gasteiger partial charge in [-0.3, -0.25) is 4.90 Å². The quantitative estimate of drug-likeness (QED) is 0.411. The number of alkyl halides is 3. The highest BCUT2D eigenvalue weighted by molar-refractivity contribution is 5.68. The molecule has 1 saturated heterocycles. The average Bonchev–Trinajstić information content (AvgIpc) is 3.39. The largest absolute Gasteiger partial charge is 0.435 e. The Labute approximate surface area is 205 Å². The minimum atomic E-state index is -4.49. The lowest BCUT2D eigenvalue weighted by Gasteiger charge is -2.33. The predicted molar refractivity (Wildman–Crippen MR) is 133 cm³/mol. The van der Waals surface area contributed by atoms with Crippen molar-refractivity contribution in [1.82, 2.24) is 14.5 Å². The van der Waals surface area contributed by atoms with E-state index in [1.165, 1.54) is 5.56 Å². The number of hydrogen-bond donors (Lipinski definition) is 0. The van der Waals surface area contributed by atoms with E-state index in [4.69, 9.17) is 0 Å². The van der Waals surface area contributed by atoms with Gasteiger partial charge in [-0.2, -0.15) is 13.2 Å². The number of anilines is 2. The Bertz CT molecular complexity index is 1180. The first-order chi connectivity index (χ1) is 16.7. The number of rotatable bonds is 5. The van der Waals surface area contributed by atoms with Gasteiger partial charge in [-0.05, 0) is 69.7 Å². The normalized spacial score (nSPS) is 18.8. The highest BCUT2D eigenvalue weighted by atomic mass is 19.4. The third kappa shape index (κ3) is 4.70. The minimum Gasteiger partial charge on any atom is -0.312 e. The van der Waals surface area contributed by atoms with Crippen molar-refractivity contribution < 1.29 is 13.2 Å². The second-order valence-electron chi connectivity index (χ2n) is 10.1. The summed E-state index contributed by atoms with van der Waals surface area (Å²) in [5.41, 5.74) is 5.07. The van der Waals surface area contributed by atoms with Crippen LogP contribution in [0, 0.1) is 20.8 Å². The molecule has 1 fully saturated rings. The van der Waals surface area contributed by atoms with E-state index in [2.05, 4.69) is 34.1 Å². The van der Waals surface area contributed by atoms with Crippen LogP contribution in [-0.4, -0.2) is 33.6 Å². The van der Waals surface area contributed by atoms with Crippen LogP contribution in [-0.2, 0) is 25.7 Å². The van der Waals surface area contributed by atoms with E-state index in [0.717, 1.165) is 54.6 Å². The molecule has 186 valence electrons. The molecule has 1 unspecified atom stereocenters. The Balaban J connectivity index is 1.52. The highest BCUT2D eigenvalue weighted by Crippen LogP contribution is 2.41. The maximum absolute atomic E-state index is 14.3. The zero-order valence-electron chi connectivity index (χ0n) is 20.7. The lowest BCUT2D eigenvalue weighted by molar-refractivity contribution is -0.141. The molecule has 2 aliphatic heterocycles. The molecule has 0 saturated carbocycles. The molecular formula is C28H33F3N4. The first-order valence-electron chi connectivity index (χ1n) is 12.5. The van der Waals surface area contributed by atoms with Crippen LogP contribution in [0.5, 0.6) is 0 Å². The number of aromatic nitrogens is 2. The van der Waals surface area contributed by atoms with Gasteiger partial charge in [0.15, 0.2) is 5.69 Å². The topological polar surface area (TPSA) is 24.3 Å². The summed E-state index contributed by atoms with van der Waals surface area (Å²) in [7, 11) is 0. The van der Waals surface area contributed by atoms with E-state index in [1.807, 2.05) is 48.4 Å². The van der Waals surface area contributed by atoms with Gasteiger partial charge in [0.2, 0.25) is 5.95 Å². The van der Waals surface area contributed by atoms with Crippen LogP contribution in [0.3, 0.4) is 0 Å². The molecule has 0 radical (unpaired) electrons. The molecule has 35 heavy (non-hydrogen) atoms. The number of hydrogen-bond acceptors (Lipinski definition) is 3. The van der Waals surface area contributed by atoms with Gasteiger partial charge in [-0.15, -0.1) is 0 Å². The summed E-state index contributed by atoms with van der Waals surface area (Å²) in [4.78, 5) is 8.50. The van der Waals surface area contributed by atoms with Crippen LogP contribution in [0.15, 0.2) is 42.5 Å². The van der Waals surface area contributed by atoms with Gasteiger partial charge in [-0.25, -0.2) is 4.98 Å². The second-order valence-corrected chi connectivity index (χ2v) is 10.1. The fourth-order valence-corrected chi connectivity index (χ4v) is 6.01. The van der Waals surface area contributed by atoms with Crippen molar-refractivity contribution in [3.05, 3.63) is 76.1 Å². The zero-order chi connectivity index (χ0) is 24.7. The van der Waals surface area contributed by atoms with E-state index in [9.17, 15) is 13.2 Å². The van der Waals surface area contributed by atoms with E-state index in [-0.39, 0.29) is 12.6 Å². The molecule has 1 aromatic heterocycles. The lowest BCUT2D eigenvalue weighted by atomic mass is 10.0. The van der Waals surface area contributed by atoms with E-state index in [1.54, 1.807) is 0 Å². The Morgan fingerprint density at radius 3 is 2.34 bits per heavy atom. The van der Waals surface area contributed by atoms with Crippen LogP contribution >= 0.6 is 0 Å². The van der Waals surface area contributed by atoms with Crippen molar-refractivity contribution in [3.63, 3.8) is 0 Å². The van der Waals surface area contributed by atoms with Crippen molar-refractivity contribution in [2.45, 2.75) is 71.8 Å². The Hall–Kier alpha value is -2.80. The van der Waals surface area contributed by atoms with Crippen LogP contribution in [0.1, 0.15) is 52.9 Å². The second kappa shape index (κ2) is 9.34. The maximum Gasteiger partial charge on any atom is 0.435 e. The third-order valence-electron chi connectivity index (χ3n) is 7.40. The summed E-state index contributed by atoms with van der Waals surface area (Å²) < 4.78 is 44.7. The van der Waals surface area contributed by atoms with Crippen molar-refractivity contribution >= 4 is 11.6 Å². The van der Waals surface area contributed by atoms with Gasteiger partial charge < -0.3 is 9.47 Å². The van der Waals surface area contributed by atoms with Crippen molar-refractivity contribution in [2.75, 3.05) is 18.0 Å². The molecule has 2 aliphatic rings. The maximum atomic E-state index is 14.3. The average molecular weight is 483 g/mol. The number of likely N-dealkylation sites (tertiary alicyclic amines) is 1. The summed E-state index contributed by atoms with van der Waals surface area (Å²) in [6, 6.07) is 14.7. The predicted octanol–water partition coefficient (Wildman–Crippen LogP) is 6.58. The SMILES string of the molecule is Cc1cc(C)c(N2CCCn3c2nc(C(F)(F)F)c3CN2CCCC2Cc2ccccc2)c(C)c1. The molecule has 1 atom stereocenters. The summed E-state index contributed by atoms with van der Waals surface area (Å²) in [5.74, 6) is 0.424. The fourth-order valence-electron chi connectivity index (χ4n) is 6.01. The van der Waals surface area contributed by atoms with Gasteiger partial charge in [0, 0.05) is 31.4 Å². The molecule has 5 rings (SSSR count). The first kappa shape index (κ1) is 23.9. The minimum absolute atomic E-state index is 0.242. The van der Waals surface area contributed by atoms with Crippen LogP contribution in [0.25, 0.3) is 0 Å². The fraction of sp³-hybridized carbons (Fsp3) is 0.464. The van der Waals surface area contributed by atoms with Crippen molar-refractivity contribution in [2.24, 2.45) is 0 Å². The number of benzene rings is 2. The molecule has 7 heteroatoms. The number of nitrogens with zero attached hydrogens (tertiary/aromatic N) is 4. The van der Waals surface area contributed by atoms with Crippen LogP contribution < -0.4 is 4.90 Å². The van der Waals surface area contributed by atoms with Gasteiger partial charge in [0.1, 0.15) is 0 Å². The zero-order valence-corrected chi connectivity index (χ0v) is 20.7. The summed E-state index contributed by atoms with van der Waals surface area (Å²) in [6.45, 7) is 8.42. The standard InChI is InChI=1S/C28H33F3N4/c1-19-15-20(2)25(21(3)16-19)35-14-8-13-34-24(26(28(29,30)31)32-27(34)35)18-33-12-7-11-23(33)17-22-9-5-4-6-10-22/h4-6,9-10,15-16,23H,7-8,11-14,17-18H2,1-3H3. The molecule has 0 N–H and O–H groups in total. The summed E-state index contributed by atoms with van der Waals surface area (Å²) >= 11 is 0. The number of aryl methyl sites for hydroxylation is 3. The molecule has 3 heterocycles. The molecule has 3 aromatic rings. The molecular weight excluding hydrogens is 449 g/mol. The summed E-state index contributed by atoms with van der Waals surface area (Å²) in [5, 5.41) is 0. The number of imidazole rings is 1. The Morgan fingerprint density at radius 1 is 0.943 bits per heavy atom. The number of halogens is 3.